The smallest absolute Gasteiger partial charge is 0.160 e. The summed E-state index contributed by atoms with van der Waals surface area (Å²) in [7, 11) is 0. The zero-order valence-electron chi connectivity index (χ0n) is 66.4. The van der Waals surface area contributed by atoms with E-state index >= 15 is 0 Å². The van der Waals surface area contributed by atoms with Crippen LogP contribution >= 0.6 is 34.9 Å². The van der Waals surface area contributed by atoms with Gasteiger partial charge < -0.3 is 4.42 Å². The van der Waals surface area contributed by atoms with Crippen molar-refractivity contribution in [3.63, 3.8) is 0 Å². The first-order chi connectivity index (χ1) is 61.4. The van der Waals surface area contributed by atoms with Gasteiger partial charge >= 0.3 is 0 Å². The van der Waals surface area contributed by atoms with Gasteiger partial charge in [0.25, 0.3) is 0 Å². The lowest BCUT2D eigenvalue weighted by atomic mass is 9.67. The Labute approximate surface area is 725 Å². The summed E-state index contributed by atoms with van der Waals surface area (Å²) in [6.07, 6.45) is 0. The van der Waals surface area contributed by atoms with E-state index in [9.17, 15) is 0 Å². The second-order valence-corrected chi connectivity index (χ2v) is 35.6. The molecule has 23 aromatic rings. The largest absolute Gasteiger partial charge is 0.455 e. The summed E-state index contributed by atoms with van der Waals surface area (Å²) in [5, 5.41) is 10.1. The van der Waals surface area contributed by atoms with Crippen molar-refractivity contribution in [2.24, 2.45) is 0 Å². The van der Waals surface area contributed by atoms with Crippen molar-refractivity contribution in [1.82, 2.24) is 29.9 Å². The highest BCUT2D eigenvalue weighted by atomic mass is 32.2. The third-order valence-corrected chi connectivity index (χ3v) is 29.3. The molecule has 7 nitrogen and oxygen atoms in total. The molecule has 0 saturated heterocycles. The zero-order chi connectivity index (χ0) is 81.3. The average Bonchev–Trinajstić information content (AvgIpc) is 1.59. The maximum absolute atomic E-state index is 6.54. The van der Waals surface area contributed by atoms with Crippen LogP contribution in [0.15, 0.2) is 424 Å². The minimum Gasteiger partial charge on any atom is -0.455 e. The molecule has 6 aromatic heterocycles. The second kappa shape index (κ2) is 27.8. The number of aromatic nitrogens is 6. The summed E-state index contributed by atoms with van der Waals surface area (Å²) in [6, 6.07) is 144. The van der Waals surface area contributed by atoms with Gasteiger partial charge in [0.1, 0.15) is 11.2 Å². The SMILES string of the molecule is c1ccc(-c2nc(-c3ccc4c(c3)nc(-c3ccccc3)c3cc5c(cc34)C3(c4ccccc4Sc4ccccc43)c3ccccc3-5)c3sc4ccccc4c3n2)cc1.c1ccc(-c2nc(-c3ccc4c(c3)nc(-c3ccccc3)c3cc5c(cc34)C3(c4ccccc4Sc4ccccc43)c3ccccc3-5)cc(-c3cccc4c3oc3ccccc34)n2)cc1. The lowest BCUT2D eigenvalue weighted by molar-refractivity contribution is 0.670. The molecular formula is C114H66N6OS3. The van der Waals surface area contributed by atoms with E-state index in [-0.39, 0.29) is 0 Å². The van der Waals surface area contributed by atoms with Gasteiger partial charge in [0.05, 0.1) is 60.5 Å². The van der Waals surface area contributed by atoms with E-state index in [1.807, 2.05) is 72.1 Å². The molecule has 0 fully saturated rings. The van der Waals surface area contributed by atoms with Gasteiger partial charge in [0, 0.05) is 101 Å². The van der Waals surface area contributed by atoms with Crippen molar-refractivity contribution >= 4 is 120 Å². The van der Waals surface area contributed by atoms with E-state index in [1.165, 1.54) is 102 Å². The molecule has 4 aliphatic rings. The van der Waals surface area contributed by atoms with Crippen molar-refractivity contribution in [2.75, 3.05) is 0 Å². The molecule has 124 heavy (non-hydrogen) atoms. The van der Waals surface area contributed by atoms with E-state index in [2.05, 4.69) is 352 Å². The van der Waals surface area contributed by atoms with Crippen LogP contribution in [0, 0.1) is 0 Å². The number of thiophene rings is 1. The van der Waals surface area contributed by atoms with Crippen LogP contribution in [0.25, 0.3) is 187 Å². The van der Waals surface area contributed by atoms with Crippen molar-refractivity contribution < 1.29 is 4.42 Å². The highest BCUT2D eigenvalue weighted by molar-refractivity contribution is 7.99. The molecule has 27 rings (SSSR count). The number of furan rings is 1. The maximum Gasteiger partial charge on any atom is 0.160 e. The Bertz CT molecular complexity index is 8370. The number of hydrogen-bond donors (Lipinski definition) is 0. The molecule has 2 aliphatic heterocycles. The minimum atomic E-state index is -0.491. The first-order valence-electron chi connectivity index (χ1n) is 41.9. The molecule has 2 aliphatic carbocycles. The first kappa shape index (κ1) is 70.8. The predicted molar refractivity (Wildman–Crippen MR) is 511 cm³/mol. The Morgan fingerprint density at radius 1 is 0.226 bits per heavy atom. The van der Waals surface area contributed by atoms with Gasteiger partial charge in [0.15, 0.2) is 11.6 Å². The third-order valence-electron chi connectivity index (χ3n) is 25.9. The monoisotopic (exact) mass is 1630 g/mol. The fraction of sp³-hybridized carbons (Fsp3) is 0.0175. The minimum absolute atomic E-state index is 0.470. The van der Waals surface area contributed by atoms with Crippen molar-refractivity contribution in [1.29, 1.82) is 0 Å². The number of pyridine rings is 2. The van der Waals surface area contributed by atoms with Crippen LogP contribution in [-0.2, 0) is 10.8 Å². The van der Waals surface area contributed by atoms with Gasteiger partial charge in [0.2, 0.25) is 0 Å². The average molecular weight is 1630 g/mol. The van der Waals surface area contributed by atoms with Gasteiger partial charge in [-0.1, -0.05) is 339 Å². The van der Waals surface area contributed by atoms with Crippen LogP contribution in [0.1, 0.15) is 44.5 Å². The van der Waals surface area contributed by atoms with Gasteiger partial charge in [-0.25, -0.2) is 29.9 Å². The normalized spacial score (nSPS) is 13.4. The van der Waals surface area contributed by atoms with E-state index in [0.717, 1.165) is 143 Å². The molecule has 0 amide bonds. The molecule has 576 valence electrons. The molecule has 8 heterocycles. The molecule has 0 bridgehead atoms. The molecule has 17 aromatic carbocycles. The summed E-state index contributed by atoms with van der Waals surface area (Å²) in [4.78, 5) is 37.3. The highest BCUT2D eigenvalue weighted by Crippen LogP contribution is 2.65. The molecular weight excluding hydrogens is 1570 g/mol. The molecule has 10 heteroatoms. The number of para-hydroxylation sites is 2. The van der Waals surface area contributed by atoms with Crippen molar-refractivity contribution in [3.05, 3.63) is 445 Å². The standard InChI is InChI=1S/C60H35N3OS.C54H31N3S2/c1-3-16-36(17-4-1)57-46-33-45-39-20-7-9-24-47(39)60(48-25-10-13-28-55(48)65-56-29-14-11-26-49(56)60)50(45)34-44(46)40-31-30-38(32-52(40)61-57)51-35-53(63-59(62-51)37-18-5-2-6-19-37)43-23-15-22-42-41-21-8-12-27-54(41)64-58(42)43;1-3-15-32(16-4-1)49-40-30-39-35-19-7-9-21-41(35)54(42-22-10-13-25-47(42)58-48-26-14-11-23-43(48)54)44(39)31-38(40)36-28-27-34(29-45(36)55-49)50-52-51(37-20-8-12-24-46(37)59-52)57-53(56-50)33-17-5-2-6-18-33/h1-35H;1-31H. The Morgan fingerprint density at radius 2 is 0.645 bits per heavy atom. The van der Waals surface area contributed by atoms with Crippen LogP contribution in [-0.4, -0.2) is 29.9 Å². The van der Waals surface area contributed by atoms with Crippen LogP contribution in [0.2, 0.25) is 0 Å². The van der Waals surface area contributed by atoms with Crippen LogP contribution in [0.5, 0.6) is 0 Å². The fourth-order valence-corrected chi connectivity index (χ4v) is 24.1. The van der Waals surface area contributed by atoms with Crippen LogP contribution in [0.3, 0.4) is 0 Å². The van der Waals surface area contributed by atoms with Crippen LogP contribution in [0.4, 0.5) is 0 Å². The molecule has 0 radical (unpaired) electrons. The number of hydrogen-bond acceptors (Lipinski definition) is 10. The first-order valence-corrected chi connectivity index (χ1v) is 44.4. The third kappa shape index (κ3) is 10.6. The zero-order valence-corrected chi connectivity index (χ0v) is 68.9. The maximum atomic E-state index is 6.54. The van der Waals surface area contributed by atoms with Gasteiger partial charge in [-0.05, 0) is 162 Å². The number of benzene rings is 17. The van der Waals surface area contributed by atoms with Crippen molar-refractivity contribution in [3.8, 4) is 101 Å². The molecule has 2 spiro atoms. The summed E-state index contributed by atoms with van der Waals surface area (Å²) in [5.41, 5.74) is 30.6. The Morgan fingerprint density at radius 3 is 1.19 bits per heavy atom. The number of fused-ring (bicyclic) bond motifs is 30. The fourth-order valence-electron chi connectivity index (χ4n) is 20.5. The number of nitrogens with zero attached hydrogens (tertiary/aromatic N) is 6. The van der Waals surface area contributed by atoms with Crippen LogP contribution < -0.4 is 0 Å². The quantitative estimate of drug-likeness (QED) is 0.145. The van der Waals surface area contributed by atoms with E-state index in [4.69, 9.17) is 34.3 Å². The lowest BCUT2D eigenvalue weighted by Gasteiger charge is -2.39. The number of rotatable bonds is 7. The van der Waals surface area contributed by atoms with E-state index < -0.39 is 10.8 Å². The molecule has 0 atom stereocenters. The van der Waals surface area contributed by atoms with Gasteiger partial charge in [-0.15, -0.1) is 11.3 Å². The lowest BCUT2D eigenvalue weighted by Crippen LogP contribution is -2.31. The Kier molecular flexibility index (Phi) is 15.8. The second-order valence-electron chi connectivity index (χ2n) is 32.4. The summed E-state index contributed by atoms with van der Waals surface area (Å²) in [5.74, 6) is 1.37. The van der Waals surface area contributed by atoms with E-state index in [0.29, 0.717) is 5.82 Å². The topological polar surface area (TPSA) is 90.5 Å². The van der Waals surface area contributed by atoms with E-state index in [1.54, 1.807) is 11.3 Å². The van der Waals surface area contributed by atoms with Gasteiger partial charge in [-0.2, -0.15) is 0 Å². The summed E-state index contributed by atoms with van der Waals surface area (Å²) >= 11 is 5.51. The predicted octanol–water partition coefficient (Wildman–Crippen LogP) is 29.9. The highest BCUT2D eigenvalue weighted by Gasteiger charge is 2.52. The Balaban J connectivity index is 0.000000133. The Hall–Kier alpha value is -15.0. The molecule has 0 unspecified atom stereocenters. The molecule has 0 saturated carbocycles. The summed E-state index contributed by atoms with van der Waals surface area (Å²) in [6.45, 7) is 0. The summed E-state index contributed by atoms with van der Waals surface area (Å²) < 4.78 is 8.83. The molecule has 0 N–H and O–H groups in total. The van der Waals surface area contributed by atoms with Gasteiger partial charge in [-0.3, -0.25) is 0 Å². The van der Waals surface area contributed by atoms with Crippen molar-refractivity contribution in [2.45, 2.75) is 30.4 Å².